The van der Waals surface area contributed by atoms with Gasteiger partial charge < -0.3 is 15.4 Å². The Bertz CT molecular complexity index is 567. The van der Waals surface area contributed by atoms with Gasteiger partial charge in [-0.15, -0.1) is 11.3 Å². The number of nitrogens with one attached hydrogen (secondary N) is 2. The molecule has 0 bridgehead atoms. The van der Waals surface area contributed by atoms with Crippen LogP contribution in [-0.4, -0.2) is 30.9 Å². The second kappa shape index (κ2) is 8.82. The van der Waals surface area contributed by atoms with Crippen LogP contribution in [0.3, 0.4) is 0 Å². The van der Waals surface area contributed by atoms with Crippen molar-refractivity contribution in [2.75, 3.05) is 7.11 Å². The highest BCUT2D eigenvalue weighted by molar-refractivity contribution is 7.10. The van der Waals surface area contributed by atoms with Crippen LogP contribution < -0.4 is 10.6 Å². The van der Waals surface area contributed by atoms with Crippen LogP contribution >= 0.6 is 11.3 Å². The molecule has 2 amide bonds. The molecule has 1 fully saturated rings. The Balaban J connectivity index is 1.93. The lowest BCUT2D eigenvalue weighted by Gasteiger charge is -2.21. The maximum atomic E-state index is 12.4. The second-order valence-electron chi connectivity index (χ2n) is 6.07. The van der Waals surface area contributed by atoms with Crippen molar-refractivity contribution in [2.24, 2.45) is 5.92 Å². The lowest BCUT2D eigenvalue weighted by molar-refractivity contribution is -0.141. The van der Waals surface area contributed by atoms with E-state index < -0.39 is 18.1 Å². The number of carbonyl (C=O) groups excluding carboxylic acids is 3. The van der Waals surface area contributed by atoms with Crippen LogP contribution in [0.1, 0.15) is 49.9 Å². The summed E-state index contributed by atoms with van der Waals surface area (Å²) in [5.41, 5.74) is 0. The van der Waals surface area contributed by atoms with Crippen LogP contribution in [0.2, 0.25) is 0 Å². The Hall–Kier alpha value is -1.89. The zero-order valence-electron chi connectivity index (χ0n) is 14.0. The third kappa shape index (κ3) is 5.06. The van der Waals surface area contributed by atoms with Gasteiger partial charge in [0.25, 0.3) is 0 Å². The summed E-state index contributed by atoms with van der Waals surface area (Å²) in [4.78, 5) is 37.0. The topological polar surface area (TPSA) is 84.5 Å². The molecule has 0 unspecified atom stereocenters. The molecule has 0 aromatic carbocycles. The molecule has 1 aliphatic rings. The molecule has 0 aliphatic heterocycles. The maximum absolute atomic E-state index is 12.4. The number of carbonyl (C=O) groups is 3. The predicted octanol–water partition coefficient (Wildman–Crippen LogP) is 2.16. The molecule has 2 N–H and O–H groups in total. The van der Waals surface area contributed by atoms with Gasteiger partial charge in [0.1, 0.15) is 6.04 Å². The SMILES string of the molecule is COC(=O)C[C@H](NC(=O)[C@@H](C)NC(=O)C1CCCC1)c1cccs1. The van der Waals surface area contributed by atoms with Crippen molar-refractivity contribution < 1.29 is 19.1 Å². The second-order valence-corrected chi connectivity index (χ2v) is 7.05. The first-order valence-electron chi connectivity index (χ1n) is 8.22. The van der Waals surface area contributed by atoms with E-state index in [9.17, 15) is 14.4 Å². The molecular formula is C17H24N2O4S. The number of hydrogen-bond acceptors (Lipinski definition) is 5. The molecule has 0 spiro atoms. The largest absolute Gasteiger partial charge is 0.469 e. The average molecular weight is 352 g/mol. The summed E-state index contributed by atoms with van der Waals surface area (Å²) in [5, 5.41) is 7.50. The number of rotatable bonds is 7. The molecule has 7 heteroatoms. The first-order valence-corrected chi connectivity index (χ1v) is 9.10. The van der Waals surface area contributed by atoms with E-state index in [2.05, 4.69) is 10.6 Å². The minimum absolute atomic E-state index is 0.0170. The average Bonchev–Trinajstić information content (AvgIpc) is 3.26. The van der Waals surface area contributed by atoms with Gasteiger partial charge in [0.15, 0.2) is 0 Å². The summed E-state index contributed by atoms with van der Waals surface area (Å²) >= 11 is 1.46. The number of amides is 2. The van der Waals surface area contributed by atoms with Crippen molar-refractivity contribution in [3.05, 3.63) is 22.4 Å². The molecule has 1 aromatic rings. The van der Waals surface area contributed by atoms with Crippen molar-refractivity contribution in [1.82, 2.24) is 10.6 Å². The van der Waals surface area contributed by atoms with Crippen molar-refractivity contribution in [2.45, 2.75) is 51.1 Å². The maximum Gasteiger partial charge on any atom is 0.307 e. The van der Waals surface area contributed by atoms with E-state index in [1.54, 1.807) is 6.92 Å². The van der Waals surface area contributed by atoms with Crippen molar-refractivity contribution in [3.8, 4) is 0 Å². The fraction of sp³-hybridized carbons (Fsp3) is 0.588. The highest BCUT2D eigenvalue weighted by Crippen LogP contribution is 2.25. The molecule has 132 valence electrons. The third-order valence-electron chi connectivity index (χ3n) is 4.28. The molecule has 1 aromatic heterocycles. The Kier molecular flexibility index (Phi) is 6.78. The first-order chi connectivity index (χ1) is 11.5. The molecule has 0 saturated heterocycles. The van der Waals surface area contributed by atoms with E-state index >= 15 is 0 Å². The van der Waals surface area contributed by atoms with E-state index in [-0.39, 0.29) is 24.2 Å². The lowest BCUT2D eigenvalue weighted by atomic mass is 10.1. The van der Waals surface area contributed by atoms with Gasteiger partial charge in [-0.2, -0.15) is 0 Å². The normalized spacial score (nSPS) is 17.1. The Morgan fingerprint density at radius 2 is 2.00 bits per heavy atom. The van der Waals surface area contributed by atoms with Crippen LogP contribution in [0.15, 0.2) is 17.5 Å². The van der Waals surface area contributed by atoms with Crippen LogP contribution in [0.25, 0.3) is 0 Å². The smallest absolute Gasteiger partial charge is 0.307 e. The quantitative estimate of drug-likeness (QED) is 0.737. The summed E-state index contributed by atoms with van der Waals surface area (Å²) in [7, 11) is 1.32. The molecule has 1 saturated carbocycles. The van der Waals surface area contributed by atoms with Crippen LogP contribution in [-0.2, 0) is 19.1 Å². The molecule has 2 atom stereocenters. The van der Waals surface area contributed by atoms with E-state index in [1.165, 1.54) is 18.4 Å². The van der Waals surface area contributed by atoms with Gasteiger partial charge in [-0.25, -0.2) is 0 Å². The predicted molar refractivity (Wildman–Crippen MR) is 91.4 cm³/mol. The number of methoxy groups -OCH3 is 1. The van der Waals surface area contributed by atoms with Crippen LogP contribution in [0.4, 0.5) is 0 Å². The van der Waals surface area contributed by atoms with Crippen LogP contribution in [0.5, 0.6) is 0 Å². The Morgan fingerprint density at radius 3 is 2.58 bits per heavy atom. The van der Waals surface area contributed by atoms with Crippen molar-refractivity contribution in [3.63, 3.8) is 0 Å². The minimum Gasteiger partial charge on any atom is -0.469 e. The summed E-state index contributed by atoms with van der Waals surface area (Å²) < 4.78 is 4.70. The van der Waals surface area contributed by atoms with Crippen molar-refractivity contribution >= 4 is 29.1 Å². The number of esters is 1. The highest BCUT2D eigenvalue weighted by atomic mass is 32.1. The van der Waals surface area contributed by atoms with E-state index in [0.29, 0.717) is 0 Å². The molecule has 6 nitrogen and oxygen atoms in total. The molecule has 1 aliphatic carbocycles. The third-order valence-corrected chi connectivity index (χ3v) is 5.27. The molecule has 2 rings (SSSR count). The Morgan fingerprint density at radius 1 is 1.29 bits per heavy atom. The van der Waals surface area contributed by atoms with E-state index in [4.69, 9.17) is 4.74 Å². The van der Waals surface area contributed by atoms with E-state index in [1.807, 2.05) is 17.5 Å². The minimum atomic E-state index is -0.641. The number of ether oxygens (including phenoxy) is 1. The first kappa shape index (κ1) is 18.4. The lowest BCUT2D eigenvalue weighted by Crippen LogP contribution is -2.47. The zero-order chi connectivity index (χ0) is 17.5. The zero-order valence-corrected chi connectivity index (χ0v) is 14.9. The summed E-state index contributed by atoms with van der Waals surface area (Å²) in [6.07, 6.45) is 3.98. The van der Waals surface area contributed by atoms with Gasteiger partial charge in [-0.1, -0.05) is 18.9 Å². The molecule has 24 heavy (non-hydrogen) atoms. The van der Waals surface area contributed by atoms with Gasteiger partial charge in [0.2, 0.25) is 11.8 Å². The van der Waals surface area contributed by atoms with Gasteiger partial charge in [0.05, 0.1) is 19.6 Å². The summed E-state index contributed by atoms with van der Waals surface area (Å²) in [6, 6.07) is 2.64. The summed E-state index contributed by atoms with van der Waals surface area (Å²) in [5.74, 6) is -0.737. The molecular weight excluding hydrogens is 328 g/mol. The standard InChI is InChI=1S/C17H24N2O4S/c1-11(18-17(22)12-6-3-4-7-12)16(21)19-13(10-15(20)23-2)14-8-5-9-24-14/h5,8-9,11-13H,3-4,6-7,10H2,1-2H3,(H,18,22)(H,19,21)/t11-,13+/m1/s1. The number of hydrogen-bond donors (Lipinski definition) is 2. The number of thiophene rings is 1. The fourth-order valence-corrected chi connectivity index (χ4v) is 3.62. The summed E-state index contributed by atoms with van der Waals surface area (Å²) in [6.45, 7) is 1.66. The van der Waals surface area contributed by atoms with Crippen molar-refractivity contribution in [1.29, 1.82) is 0 Å². The van der Waals surface area contributed by atoms with Gasteiger partial charge >= 0.3 is 5.97 Å². The van der Waals surface area contributed by atoms with E-state index in [0.717, 1.165) is 30.6 Å². The van der Waals surface area contributed by atoms with Gasteiger partial charge in [-0.3, -0.25) is 14.4 Å². The van der Waals surface area contributed by atoms with Gasteiger partial charge in [-0.05, 0) is 31.2 Å². The fourth-order valence-electron chi connectivity index (χ4n) is 2.84. The Labute approximate surface area is 146 Å². The van der Waals surface area contributed by atoms with Gasteiger partial charge in [0, 0.05) is 10.8 Å². The monoisotopic (exact) mass is 352 g/mol. The molecule has 0 radical (unpaired) electrons. The van der Waals surface area contributed by atoms with Crippen LogP contribution in [0, 0.1) is 5.92 Å². The highest BCUT2D eigenvalue weighted by Gasteiger charge is 2.27. The molecule has 1 heterocycles.